The first-order valence-electron chi connectivity index (χ1n) is 10.2. The molecule has 0 spiro atoms. The second-order valence-corrected chi connectivity index (χ2v) is 8.02. The number of halogens is 1. The molecule has 1 atom stereocenters. The Balaban J connectivity index is 1.60. The summed E-state index contributed by atoms with van der Waals surface area (Å²) >= 11 is 6.21. The Morgan fingerprint density at radius 2 is 1.47 bits per heavy atom. The van der Waals surface area contributed by atoms with Crippen molar-refractivity contribution in [1.82, 2.24) is 15.5 Å². The molecule has 6 nitrogen and oxygen atoms in total. The van der Waals surface area contributed by atoms with Crippen molar-refractivity contribution < 1.29 is 14.4 Å². The van der Waals surface area contributed by atoms with Crippen molar-refractivity contribution >= 4 is 29.4 Å². The zero-order valence-corrected chi connectivity index (χ0v) is 18.2. The lowest BCUT2D eigenvalue weighted by molar-refractivity contribution is -0.134. The van der Waals surface area contributed by atoms with Crippen molar-refractivity contribution in [3.05, 3.63) is 107 Å². The third-order valence-electron chi connectivity index (χ3n) is 5.57. The number of urea groups is 1. The lowest BCUT2D eigenvalue weighted by Gasteiger charge is -2.28. The van der Waals surface area contributed by atoms with Gasteiger partial charge in [-0.3, -0.25) is 14.5 Å². The smallest absolute Gasteiger partial charge is 0.326 e. The largest absolute Gasteiger partial charge is 0.348 e. The minimum Gasteiger partial charge on any atom is -0.348 e. The van der Waals surface area contributed by atoms with E-state index in [1.54, 1.807) is 67.6 Å². The number of benzene rings is 3. The molecule has 1 aliphatic heterocycles. The van der Waals surface area contributed by atoms with Gasteiger partial charge in [-0.25, -0.2) is 4.79 Å². The van der Waals surface area contributed by atoms with Crippen LogP contribution in [0.4, 0.5) is 4.79 Å². The maximum absolute atomic E-state index is 13.6. The van der Waals surface area contributed by atoms with Crippen LogP contribution >= 0.6 is 11.6 Å². The zero-order valence-electron chi connectivity index (χ0n) is 17.4. The monoisotopic (exact) mass is 447 g/mol. The van der Waals surface area contributed by atoms with Gasteiger partial charge >= 0.3 is 6.03 Å². The van der Waals surface area contributed by atoms with E-state index in [1.165, 1.54) is 0 Å². The lowest BCUT2D eigenvalue weighted by Crippen LogP contribution is -2.46. The number of carbonyl (C=O) groups excluding carboxylic acids is 3. The molecule has 0 aliphatic carbocycles. The first-order chi connectivity index (χ1) is 15.4. The number of hydrogen-bond donors (Lipinski definition) is 2. The Morgan fingerprint density at radius 3 is 2.03 bits per heavy atom. The van der Waals surface area contributed by atoms with Crippen molar-refractivity contribution in [3.63, 3.8) is 0 Å². The number of carbonyl (C=O) groups is 3. The molecule has 1 saturated heterocycles. The van der Waals surface area contributed by atoms with Crippen LogP contribution in [0.5, 0.6) is 0 Å². The van der Waals surface area contributed by atoms with Gasteiger partial charge in [-0.2, -0.15) is 0 Å². The highest BCUT2D eigenvalue weighted by atomic mass is 35.5. The molecule has 1 aliphatic rings. The third kappa shape index (κ3) is 3.85. The molecule has 3 aromatic carbocycles. The van der Waals surface area contributed by atoms with E-state index >= 15 is 0 Å². The van der Waals surface area contributed by atoms with Crippen LogP contribution in [0, 0.1) is 0 Å². The van der Waals surface area contributed by atoms with Gasteiger partial charge in [0, 0.05) is 5.02 Å². The number of imide groups is 1. The van der Waals surface area contributed by atoms with E-state index in [0.29, 0.717) is 16.1 Å². The molecule has 0 radical (unpaired) electrons. The molecule has 0 bridgehead atoms. The summed E-state index contributed by atoms with van der Waals surface area (Å²) in [4.78, 5) is 40.2. The highest BCUT2D eigenvalue weighted by molar-refractivity contribution is 6.31. The van der Waals surface area contributed by atoms with Gasteiger partial charge in [0.2, 0.25) is 5.91 Å². The molecule has 1 heterocycles. The van der Waals surface area contributed by atoms with Crippen molar-refractivity contribution in [2.24, 2.45) is 0 Å². The standard InChI is InChI=1S/C25H22ClN3O3/c1-17(20-14-8-9-15-21(20)26)27-22(30)16-29-23(31)25(28-24(29)32,18-10-4-2-5-11-18)19-12-6-3-7-13-19/h2-15,17H,16H2,1H3,(H,27,30)(H,28,32). The predicted molar refractivity (Wildman–Crippen MR) is 122 cm³/mol. The van der Waals surface area contributed by atoms with E-state index in [1.807, 2.05) is 24.3 Å². The number of hydrogen-bond acceptors (Lipinski definition) is 3. The zero-order chi connectivity index (χ0) is 22.7. The second kappa shape index (κ2) is 8.85. The molecule has 2 N–H and O–H groups in total. The minimum absolute atomic E-state index is 0.384. The SMILES string of the molecule is CC(NC(=O)CN1C(=O)NC(c2ccccc2)(c2ccccc2)C1=O)c1ccccc1Cl. The Hall–Kier alpha value is -3.64. The van der Waals surface area contributed by atoms with Gasteiger partial charge in [0.25, 0.3) is 5.91 Å². The molecule has 1 unspecified atom stereocenters. The van der Waals surface area contributed by atoms with Gasteiger partial charge in [-0.1, -0.05) is 90.5 Å². The summed E-state index contributed by atoms with van der Waals surface area (Å²) < 4.78 is 0. The summed E-state index contributed by atoms with van der Waals surface area (Å²) in [7, 11) is 0. The summed E-state index contributed by atoms with van der Waals surface area (Å²) in [5.41, 5.74) is 0.602. The maximum atomic E-state index is 13.6. The van der Waals surface area contributed by atoms with Gasteiger partial charge in [-0.15, -0.1) is 0 Å². The van der Waals surface area contributed by atoms with Crippen molar-refractivity contribution in [2.75, 3.05) is 6.54 Å². The molecule has 32 heavy (non-hydrogen) atoms. The fourth-order valence-electron chi connectivity index (χ4n) is 3.99. The normalized spacial score (nSPS) is 15.9. The van der Waals surface area contributed by atoms with E-state index < -0.39 is 29.9 Å². The highest BCUT2D eigenvalue weighted by Crippen LogP contribution is 2.35. The fourth-order valence-corrected chi connectivity index (χ4v) is 4.29. The maximum Gasteiger partial charge on any atom is 0.326 e. The molecule has 162 valence electrons. The van der Waals surface area contributed by atoms with Crippen LogP contribution in [0.15, 0.2) is 84.9 Å². The van der Waals surface area contributed by atoms with E-state index in [9.17, 15) is 14.4 Å². The van der Waals surface area contributed by atoms with Gasteiger partial charge in [-0.05, 0) is 29.7 Å². The topological polar surface area (TPSA) is 78.5 Å². The third-order valence-corrected chi connectivity index (χ3v) is 5.91. The average molecular weight is 448 g/mol. The van der Waals surface area contributed by atoms with E-state index in [4.69, 9.17) is 11.6 Å². The fraction of sp³-hybridized carbons (Fsp3) is 0.160. The number of rotatable bonds is 6. The first-order valence-corrected chi connectivity index (χ1v) is 10.6. The van der Waals surface area contributed by atoms with E-state index in [2.05, 4.69) is 10.6 Å². The molecule has 0 aromatic heterocycles. The quantitative estimate of drug-likeness (QED) is 0.560. The van der Waals surface area contributed by atoms with Crippen LogP contribution in [-0.4, -0.2) is 29.3 Å². The molecule has 0 saturated carbocycles. The van der Waals surface area contributed by atoms with Crippen LogP contribution in [-0.2, 0) is 15.1 Å². The van der Waals surface area contributed by atoms with Crippen LogP contribution in [0.2, 0.25) is 5.02 Å². The molecule has 1 fully saturated rings. The second-order valence-electron chi connectivity index (χ2n) is 7.61. The Labute approximate surface area is 191 Å². The molecular formula is C25H22ClN3O3. The Morgan fingerprint density at radius 1 is 0.938 bits per heavy atom. The first kappa shape index (κ1) is 21.6. The van der Waals surface area contributed by atoms with Crippen molar-refractivity contribution in [3.8, 4) is 0 Å². The Kier molecular flexibility index (Phi) is 5.97. The minimum atomic E-state index is -1.39. The summed E-state index contributed by atoms with van der Waals surface area (Å²) in [6.45, 7) is 1.39. The van der Waals surface area contributed by atoms with Gasteiger partial charge in [0.15, 0.2) is 5.54 Å². The van der Waals surface area contributed by atoms with Crippen molar-refractivity contribution in [1.29, 1.82) is 0 Å². The van der Waals surface area contributed by atoms with Crippen molar-refractivity contribution in [2.45, 2.75) is 18.5 Å². The number of nitrogens with zero attached hydrogens (tertiary/aromatic N) is 1. The van der Waals surface area contributed by atoms with E-state index in [0.717, 1.165) is 10.5 Å². The predicted octanol–water partition coefficient (Wildman–Crippen LogP) is 4.01. The number of amides is 4. The summed E-state index contributed by atoms with van der Waals surface area (Å²) in [5.74, 6) is -0.960. The average Bonchev–Trinajstić information content (AvgIpc) is 3.06. The molecular weight excluding hydrogens is 426 g/mol. The van der Waals surface area contributed by atoms with Crippen LogP contribution in [0.25, 0.3) is 0 Å². The molecule has 3 aromatic rings. The number of nitrogens with one attached hydrogen (secondary N) is 2. The van der Waals surface area contributed by atoms with Crippen LogP contribution in [0.3, 0.4) is 0 Å². The lowest BCUT2D eigenvalue weighted by atomic mass is 9.82. The van der Waals surface area contributed by atoms with E-state index in [-0.39, 0.29) is 6.04 Å². The van der Waals surface area contributed by atoms with Crippen LogP contribution < -0.4 is 10.6 Å². The summed E-state index contributed by atoms with van der Waals surface area (Å²) in [5, 5.41) is 6.18. The summed E-state index contributed by atoms with van der Waals surface area (Å²) in [6.07, 6.45) is 0. The molecule has 7 heteroatoms. The highest BCUT2D eigenvalue weighted by Gasteiger charge is 2.54. The molecule has 4 amide bonds. The molecule has 4 rings (SSSR count). The Bertz CT molecular complexity index is 1110. The van der Waals surface area contributed by atoms with Crippen LogP contribution in [0.1, 0.15) is 29.7 Å². The van der Waals surface area contributed by atoms with Gasteiger partial charge in [0.05, 0.1) is 6.04 Å². The summed E-state index contributed by atoms with van der Waals surface area (Å²) in [6, 6.07) is 24.2. The van der Waals surface area contributed by atoms with Gasteiger partial charge < -0.3 is 10.6 Å². The van der Waals surface area contributed by atoms with Gasteiger partial charge in [0.1, 0.15) is 6.54 Å².